The van der Waals surface area contributed by atoms with Crippen molar-refractivity contribution in [2.75, 3.05) is 38.4 Å². The first-order valence-corrected chi connectivity index (χ1v) is 12.1. The van der Waals surface area contributed by atoms with Crippen LogP contribution >= 0.6 is 12.8 Å². The van der Waals surface area contributed by atoms with Gasteiger partial charge in [-0.25, -0.2) is 18.0 Å². The number of piperidine rings is 1. The number of nitrogens with two attached hydrogens (primary N) is 1. The molecule has 1 aliphatic heterocycles. The average Bonchev–Trinajstić information content (AvgIpc) is 2.84. The van der Waals surface area contributed by atoms with E-state index in [0.29, 0.717) is 19.4 Å². The Balaban J connectivity index is 2.03. The monoisotopic (exact) mass is 525 g/mol. The summed E-state index contributed by atoms with van der Waals surface area (Å²) in [5.41, 5.74) is 6.91. The van der Waals surface area contributed by atoms with Crippen LogP contribution in [0, 0.1) is 17.5 Å². The number of nitrogens with zero attached hydrogens (tertiary/aromatic N) is 2. The molecule has 2 unspecified atom stereocenters. The van der Waals surface area contributed by atoms with Crippen molar-refractivity contribution in [3.8, 4) is 11.1 Å². The number of carbonyl (C=O) groups excluding carboxylic acids is 1. The number of methoxy groups -OCH3 is 1. The van der Waals surface area contributed by atoms with E-state index in [1.165, 1.54) is 13.2 Å². The number of hydroxylamine groups is 1. The Hall–Kier alpha value is -2.73. The Bertz CT molecular complexity index is 1160. The van der Waals surface area contributed by atoms with E-state index >= 15 is 8.78 Å². The molecule has 7 nitrogen and oxygen atoms in total. The molecule has 0 radical (unpaired) electrons. The second-order valence-corrected chi connectivity index (χ2v) is 9.50. The van der Waals surface area contributed by atoms with Gasteiger partial charge in [-0.15, -0.1) is 0 Å². The summed E-state index contributed by atoms with van der Waals surface area (Å²) in [6, 6.07) is 4.17. The van der Waals surface area contributed by atoms with E-state index in [2.05, 4.69) is 18.2 Å². The molecule has 1 saturated heterocycles. The molecule has 36 heavy (non-hydrogen) atoms. The summed E-state index contributed by atoms with van der Waals surface area (Å²) in [5, 5.41) is 10.9. The van der Waals surface area contributed by atoms with Gasteiger partial charge in [0.05, 0.1) is 30.5 Å². The maximum Gasteiger partial charge on any atom is 0.338 e. The molecule has 0 bridgehead atoms. The van der Waals surface area contributed by atoms with Crippen LogP contribution < -0.4 is 11.2 Å². The average molecular weight is 526 g/mol. The molecule has 0 saturated carbocycles. The molecular formula is C25H32F3N4O3S+. The fourth-order valence-corrected chi connectivity index (χ4v) is 4.61. The molecule has 0 aromatic heterocycles. The van der Waals surface area contributed by atoms with E-state index in [0.717, 1.165) is 37.6 Å². The summed E-state index contributed by atoms with van der Waals surface area (Å²) in [6.07, 6.45) is 4.28. The van der Waals surface area contributed by atoms with E-state index in [-0.39, 0.29) is 16.8 Å². The maximum absolute atomic E-state index is 15.6. The zero-order valence-corrected chi connectivity index (χ0v) is 21.4. The summed E-state index contributed by atoms with van der Waals surface area (Å²) in [4.78, 5) is 14.3. The molecule has 4 N–H and O–H groups in total. The fraction of sp³-hybridized carbons (Fsp3) is 0.400. The van der Waals surface area contributed by atoms with Crippen molar-refractivity contribution in [2.24, 2.45) is 0 Å². The highest BCUT2D eigenvalue weighted by molar-refractivity contribution is 7.74. The topological polar surface area (TPSA) is 87.8 Å². The summed E-state index contributed by atoms with van der Waals surface area (Å²) < 4.78 is 49.6. The van der Waals surface area contributed by atoms with Crippen LogP contribution in [0.5, 0.6) is 0 Å². The number of rotatable bonds is 8. The van der Waals surface area contributed by atoms with Crippen LogP contribution in [-0.2, 0) is 9.53 Å². The lowest BCUT2D eigenvalue weighted by Gasteiger charge is -2.37. The van der Waals surface area contributed by atoms with Crippen LogP contribution in [0.2, 0.25) is 0 Å². The minimum Gasteiger partial charge on any atom is -0.465 e. The van der Waals surface area contributed by atoms with Gasteiger partial charge in [0.25, 0.3) is 0 Å². The lowest BCUT2D eigenvalue weighted by Crippen LogP contribution is -2.55. The number of esters is 1. The smallest absolute Gasteiger partial charge is 0.338 e. The van der Waals surface area contributed by atoms with Crippen LogP contribution in [0.3, 0.4) is 0 Å². The fourth-order valence-electron chi connectivity index (χ4n) is 4.31. The van der Waals surface area contributed by atoms with Crippen molar-refractivity contribution < 1.29 is 32.1 Å². The summed E-state index contributed by atoms with van der Waals surface area (Å²) in [7, 11) is 3.09. The van der Waals surface area contributed by atoms with Crippen LogP contribution in [0.25, 0.3) is 16.7 Å². The maximum atomic E-state index is 15.6. The Morgan fingerprint density at radius 3 is 2.67 bits per heavy atom. The van der Waals surface area contributed by atoms with Gasteiger partial charge < -0.3 is 15.4 Å². The van der Waals surface area contributed by atoms with E-state index in [1.807, 2.05) is 18.9 Å². The van der Waals surface area contributed by atoms with E-state index in [9.17, 15) is 14.4 Å². The summed E-state index contributed by atoms with van der Waals surface area (Å²) in [6.45, 7) is 3.27. The molecule has 196 valence electrons. The number of benzene rings is 2. The number of anilines is 2. The van der Waals surface area contributed by atoms with Crippen LogP contribution in [0.1, 0.15) is 38.2 Å². The van der Waals surface area contributed by atoms with Gasteiger partial charge in [0.2, 0.25) is 0 Å². The highest BCUT2D eigenvalue weighted by atomic mass is 32.1. The molecule has 3 rings (SSSR count). The first kappa shape index (κ1) is 27.9. The Morgan fingerprint density at radius 1 is 1.31 bits per heavy atom. The highest BCUT2D eigenvalue weighted by Gasteiger charge is 2.38. The molecule has 2 aromatic rings. The van der Waals surface area contributed by atoms with Gasteiger partial charge >= 0.3 is 5.97 Å². The third kappa shape index (κ3) is 5.80. The van der Waals surface area contributed by atoms with Crippen LogP contribution in [0.15, 0.2) is 30.3 Å². The quantitative estimate of drug-likeness (QED) is 0.0949. The number of quaternary nitrogens is 1. The lowest BCUT2D eigenvalue weighted by molar-refractivity contribution is -0.993. The molecule has 1 fully saturated rings. The minimum atomic E-state index is -1.12. The molecule has 11 heteroatoms. The number of unbranched alkanes of at least 4 members (excludes halogenated alkanes) is 1. The zero-order valence-electron chi connectivity index (χ0n) is 20.5. The molecule has 2 aromatic carbocycles. The van der Waals surface area contributed by atoms with Gasteiger partial charge in [-0.3, -0.25) is 0 Å². The van der Waals surface area contributed by atoms with Crippen molar-refractivity contribution in [3.63, 3.8) is 0 Å². The molecule has 0 aliphatic carbocycles. The first-order chi connectivity index (χ1) is 17.0. The number of likely N-dealkylation sites (N-methyl/N-ethyl adjacent to an activating group) is 1. The van der Waals surface area contributed by atoms with Gasteiger partial charge in [-0.05, 0) is 42.7 Å². The van der Waals surface area contributed by atoms with E-state index in [4.69, 9.17) is 10.5 Å². The predicted molar refractivity (Wildman–Crippen MR) is 136 cm³/mol. The van der Waals surface area contributed by atoms with Crippen LogP contribution in [-0.4, -0.2) is 53.5 Å². The van der Waals surface area contributed by atoms with Crippen molar-refractivity contribution in [3.05, 3.63) is 53.4 Å². The molecule has 2 atom stereocenters. The van der Waals surface area contributed by atoms with Crippen molar-refractivity contribution in [1.29, 1.82) is 0 Å². The van der Waals surface area contributed by atoms with Crippen molar-refractivity contribution >= 4 is 35.7 Å². The van der Waals surface area contributed by atoms with E-state index < -0.39 is 50.4 Å². The molecule has 1 heterocycles. The van der Waals surface area contributed by atoms with Gasteiger partial charge in [0.1, 0.15) is 24.3 Å². The number of carbonyl (C=O) groups is 1. The number of thiol groups is 1. The number of hydrogen-bond acceptors (Lipinski definition) is 7. The summed E-state index contributed by atoms with van der Waals surface area (Å²) in [5.74, 6) is -3.93. The van der Waals surface area contributed by atoms with Gasteiger partial charge in [-0.2, -0.15) is 10.6 Å². The predicted octanol–water partition coefficient (Wildman–Crippen LogP) is 5.18. The number of nitrogen functional groups attached to an aromatic ring is 1. The van der Waals surface area contributed by atoms with Crippen LogP contribution in [0.4, 0.5) is 24.5 Å². The summed E-state index contributed by atoms with van der Waals surface area (Å²) >= 11 is 4.26. The second-order valence-electron chi connectivity index (χ2n) is 8.89. The Labute approximate surface area is 214 Å². The first-order valence-electron chi connectivity index (χ1n) is 11.7. The standard InChI is InChI=1S/C25H32F3N4O3S/c1-4-5-8-17(25(33)35-3)16-9-10-18(22(27)24(16)29)21-19(26)11-12-20(23(21)28)30-32(34,36)15-7-6-13-31(2)14-15/h8-12,15,30,34,36H,4-7,13-14,29H2,1-3H3/q+1/b17-8+. The number of ether oxygens (including phenoxy) is 1. The molecule has 0 spiro atoms. The molecular weight excluding hydrogens is 493 g/mol. The number of hydrogen-bond donors (Lipinski definition) is 4. The van der Waals surface area contributed by atoms with Crippen molar-refractivity contribution in [2.45, 2.75) is 38.6 Å². The number of allylic oxidation sites excluding steroid dienone is 1. The molecule has 0 amide bonds. The second kappa shape index (κ2) is 11.5. The Morgan fingerprint density at radius 2 is 2.03 bits per heavy atom. The largest absolute Gasteiger partial charge is 0.465 e. The number of halogens is 3. The Kier molecular flexibility index (Phi) is 8.93. The third-order valence-electron chi connectivity index (χ3n) is 6.27. The number of likely N-dealkylation sites (tertiary alicyclic amines) is 1. The van der Waals surface area contributed by atoms with Gasteiger partial charge in [0.15, 0.2) is 17.7 Å². The highest BCUT2D eigenvalue weighted by Crippen LogP contribution is 2.38. The van der Waals surface area contributed by atoms with Gasteiger partial charge in [-0.1, -0.05) is 31.6 Å². The normalized spacial score (nSPS) is 18.6. The van der Waals surface area contributed by atoms with Gasteiger partial charge in [0, 0.05) is 17.5 Å². The third-order valence-corrected chi connectivity index (χ3v) is 6.69. The van der Waals surface area contributed by atoms with E-state index in [1.54, 1.807) is 6.08 Å². The minimum absolute atomic E-state index is 0.0635. The zero-order chi connectivity index (χ0) is 26.6. The lowest BCUT2D eigenvalue weighted by atomic mass is 9.96. The SMILES string of the molecule is CCC/C=C(/C(=O)OC)c1ccc(-c2c(F)ccc(N[N+](O)(S)C3CCCN(C)C3)c2F)c(F)c1N. The number of nitrogens with one attached hydrogen (secondary N) is 1. The molecule has 1 aliphatic rings. The van der Waals surface area contributed by atoms with Crippen molar-refractivity contribution in [1.82, 2.24) is 4.90 Å².